The molecular formula is C14H20FN3O2. The van der Waals surface area contributed by atoms with Gasteiger partial charge in [-0.05, 0) is 31.9 Å². The smallest absolute Gasteiger partial charge is 0.315 e. The van der Waals surface area contributed by atoms with Crippen LogP contribution in [0.2, 0.25) is 0 Å². The van der Waals surface area contributed by atoms with Crippen molar-refractivity contribution in [3.05, 3.63) is 35.6 Å². The number of carbonyl (C=O) groups is 2. The molecule has 1 rings (SSSR count). The quantitative estimate of drug-likeness (QED) is 0.733. The number of hydrogen-bond acceptors (Lipinski definition) is 2. The molecule has 3 amide bonds. The van der Waals surface area contributed by atoms with E-state index in [1.165, 1.54) is 6.07 Å². The van der Waals surface area contributed by atoms with Crippen molar-refractivity contribution in [1.82, 2.24) is 16.0 Å². The third kappa shape index (κ3) is 5.26. The topological polar surface area (TPSA) is 70.2 Å². The van der Waals surface area contributed by atoms with Gasteiger partial charge < -0.3 is 16.0 Å². The highest BCUT2D eigenvalue weighted by Gasteiger charge is 2.14. The molecule has 0 radical (unpaired) electrons. The van der Waals surface area contributed by atoms with Gasteiger partial charge in [0.15, 0.2) is 0 Å². The van der Waals surface area contributed by atoms with E-state index in [1.54, 1.807) is 32.0 Å². The zero-order valence-corrected chi connectivity index (χ0v) is 11.7. The third-order valence-electron chi connectivity index (χ3n) is 2.73. The fraction of sp³-hybridized carbons (Fsp3) is 0.429. The van der Waals surface area contributed by atoms with Crippen molar-refractivity contribution in [1.29, 1.82) is 0 Å². The number of likely N-dealkylation sites (N-methyl/N-ethyl adjacent to an activating group) is 1. The first-order chi connectivity index (χ1) is 9.54. The van der Waals surface area contributed by atoms with Crippen LogP contribution in [0.5, 0.6) is 0 Å². The van der Waals surface area contributed by atoms with Crippen molar-refractivity contribution in [3.63, 3.8) is 0 Å². The molecule has 0 aliphatic heterocycles. The summed E-state index contributed by atoms with van der Waals surface area (Å²) >= 11 is 0. The highest BCUT2D eigenvalue weighted by molar-refractivity contribution is 5.86. The van der Waals surface area contributed by atoms with Crippen LogP contribution in [0.15, 0.2) is 24.3 Å². The summed E-state index contributed by atoms with van der Waals surface area (Å²) in [6.45, 7) is 4.22. The molecule has 0 spiro atoms. The van der Waals surface area contributed by atoms with E-state index in [4.69, 9.17) is 0 Å². The van der Waals surface area contributed by atoms with Gasteiger partial charge in [0.1, 0.15) is 11.9 Å². The molecule has 5 nitrogen and oxygen atoms in total. The maximum absolute atomic E-state index is 13.3. The highest BCUT2D eigenvalue weighted by Crippen LogP contribution is 2.05. The minimum atomic E-state index is -0.608. The zero-order chi connectivity index (χ0) is 15.0. The summed E-state index contributed by atoms with van der Waals surface area (Å²) in [5.74, 6) is -0.526. The minimum Gasteiger partial charge on any atom is -0.355 e. The predicted molar refractivity (Wildman–Crippen MR) is 74.8 cm³/mol. The van der Waals surface area contributed by atoms with Crippen LogP contribution < -0.4 is 16.0 Å². The molecule has 0 aliphatic carbocycles. The Morgan fingerprint density at radius 1 is 1.25 bits per heavy atom. The lowest BCUT2D eigenvalue weighted by atomic mass is 10.1. The van der Waals surface area contributed by atoms with E-state index in [1.807, 2.05) is 0 Å². The summed E-state index contributed by atoms with van der Waals surface area (Å²) in [5.41, 5.74) is 0.546. The summed E-state index contributed by atoms with van der Waals surface area (Å²) in [6, 6.07) is 5.37. The second-order valence-corrected chi connectivity index (χ2v) is 4.36. The average Bonchev–Trinajstić information content (AvgIpc) is 2.41. The molecule has 0 unspecified atom stereocenters. The van der Waals surface area contributed by atoms with Gasteiger partial charge in [-0.3, -0.25) is 4.79 Å². The summed E-state index contributed by atoms with van der Waals surface area (Å²) in [7, 11) is 0. The van der Waals surface area contributed by atoms with E-state index >= 15 is 0 Å². The second-order valence-electron chi connectivity index (χ2n) is 4.36. The fourth-order valence-electron chi connectivity index (χ4n) is 1.65. The molecule has 0 saturated heterocycles. The van der Waals surface area contributed by atoms with Gasteiger partial charge in [0.2, 0.25) is 5.91 Å². The van der Waals surface area contributed by atoms with Gasteiger partial charge in [-0.1, -0.05) is 18.2 Å². The van der Waals surface area contributed by atoms with Gasteiger partial charge in [0.25, 0.3) is 0 Å². The van der Waals surface area contributed by atoms with Gasteiger partial charge >= 0.3 is 6.03 Å². The Labute approximate surface area is 117 Å². The summed E-state index contributed by atoms with van der Waals surface area (Å²) in [4.78, 5) is 23.0. The number of hydrogen-bond donors (Lipinski definition) is 3. The van der Waals surface area contributed by atoms with Crippen molar-refractivity contribution < 1.29 is 14.0 Å². The molecule has 3 N–H and O–H groups in total. The second kappa shape index (κ2) is 8.14. The molecule has 0 fully saturated rings. The van der Waals surface area contributed by atoms with Crippen LogP contribution in [0, 0.1) is 5.82 Å². The predicted octanol–water partition coefficient (Wildman–Crippen LogP) is 1.19. The standard InChI is InChI=1S/C14H20FN3O2/c1-3-16-13(19)10(2)18-14(20)17-9-8-11-6-4-5-7-12(11)15/h4-7,10H,3,8-9H2,1-2H3,(H,16,19)(H2,17,18,20)/t10-/m1/s1. The molecular weight excluding hydrogens is 261 g/mol. The monoisotopic (exact) mass is 281 g/mol. The normalized spacial score (nSPS) is 11.6. The van der Waals surface area contributed by atoms with Crippen LogP contribution in [0.25, 0.3) is 0 Å². The zero-order valence-electron chi connectivity index (χ0n) is 11.7. The molecule has 20 heavy (non-hydrogen) atoms. The Hall–Kier alpha value is -2.11. The Morgan fingerprint density at radius 3 is 2.60 bits per heavy atom. The average molecular weight is 281 g/mol. The van der Waals surface area contributed by atoms with Crippen molar-refractivity contribution in [2.24, 2.45) is 0 Å². The fourth-order valence-corrected chi connectivity index (χ4v) is 1.65. The molecule has 0 saturated carbocycles. The number of urea groups is 1. The minimum absolute atomic E-state index is 0.239. The van der Waals surface area contributed by atoms with Crippen LogP contribution in [-0.2, 0) is 11.2 Å². The Bertz CT molecular complexity index is 465. The van der Waals surface area contributed by atoms with Crippen molar-refractivity contribution in [3.8, 4) is 0 Å². The molecule has 0 aliphatic rings. The first-order valence-electron chi connectivity index (χ1n) is 6.60. The third-order valence-corrected chi connectivity index (χ3v) is 2.73. The van der Waals surface area contributed by atoms with Gasteiger partial charge in [0, 0.05) is 13.1 Å². The van der Waals surface area contributed by atoms with Crippen LogP contribution >= 0.6 is 0 Å². The molecule has 1 aromatic carbocycles. The first kappa shape index (κ1) is 15.9. The lowest BCUT2D eigenvalue weighted by molar-refractivity contribution is -0.122. The molecule has 110 valence electrons. The Kier molecular flexibility index (Phi) is 6.49. The Balaban J connectivity index is 2.30. The SMILES string of the molecule is CCNC(=O)[C@@H](C)NC(=O)NCCc1ccccc1F. The Morgan fingerprint density at radius 2 is 1.95 bits per heavy atom. The summed E-state index contributed by atoms with van der Waals surface area (Å²) in [6.07, 6.45) is 0.398. The van der Waals surface area contributed by atoms with Gasteiger partial charge in [0.05, 0.1) is 0 Å². The van der Waals surface area contributed by atoms with Gasteiger partial charge in [-0.2, -0.15) is 0 Å². The molecule has 6 heteroatoms. The molecule has 0 aromatic heterocycles. The summed E-state index contributed by atoms with van der Waals surface area (Å²) < 4.78 is 13.3. The van der Waals surface area contributed by atoms with Crippen LogP contribution in [-0.4, -0.2) is 31.1 Å². The first-order valence-corrected chi connectivity index (χ1v) is 6.60. The lowest BCUT2D eigenvalue weighted by Gasteiger charge is -2.14. The molecule has 1 aromatic rings. The number of rotatable bonds is 6. The molecule has 0 heterocycles. The maximum Gasteiger partial charge on any atom is 0.315 e. The maximum atomic E-state index is 13.3. The number of halogens is 1. The number of nitrogens with one attached hydrogen (secondary N) is 3. The highest BCUT2D eigenvalue weighted by atomic mass is 19.1. The van der Waals surface area contributed by atoms with E-state index in [-0.39, 0.29) is 11.7 Å². The lowest BCUT2D eigenvalue weighted by Crippen LogP contribution is -2.48. The van der Waals surface area contributed by atoms with E-state index in [9.17, 15) is 14.0 Å². The van der Waals surface area contributed by atoms with E-state index in [0.717, 1.165) is 0 Å². The summed E-state index contributed by atoms with van der Waals surface area (Å²) in [5, 5.41) is 7.71. The van der Waals surface area contributed by atoms with Crippen LogP contribution in [0.3, 0.4) is 0 Å². The van der Waals surface area contributed by atoms with Gasteiger partial charge in [-0.25, -0.2) is 9.18 Å². The molecule has 1 atom stereocenters. The van der Waals surface area contributed by atoms with Crippen molar-refractivity contribution in [2.75, 3.05) is 13.1 Å². The number of carbonyl (C=O) groups excluding carboxylic acids is 2. The van der Waals surface area contributed by atoms with E-state index in [0.29, 0.717) is 25.1 Å². The van der Waals surface area contributed by atoms with Crippen LogP contribution in [0.4, 0.5) is 9.18 Å². The molecule has 0 bridgehead atoms. The van der Waals surface area contributed by atoms with E-state index in [2.05, 4.69) is 16.0 Å². The largest absolute Gasteiger partial charge is 0.355 e. The number of benzene rings is 1. The van der Waals surface area contributed by atoms with Crippen LogP contribution in [0.1, 0.15) is 19.4 Å². The van der Waals surface area contributed by atoms with Gasteiger partial charge in [-0.15, -0.1) is 0 Å². The number of amides is 3. The van der Waals surface area contributed by atoms with E-state index < -0.39 is 12.1 Å². The van der Waals surface area contributed by atoms with Crippen molar-refractivity contribution in [2.45, 2.75) is 26.3 Å². The van der Waals surface area contributed by atoms with Crippen molar-refractivity contribution >= 4 is 11.9 Å².